The van der Waals surface area contributed by atoms with Crippen molar-refractivity contribution >= 4 is 22.5 Å². The lowest BCUT2D eigenvalue weighted by atomic mass is 9.80. The van der Waals surface area contributed by atoms with Crippen molar-refractivity contribution in [3.05, 3.63) is 119 Å². The van der Waals surface area contributed by atoms with Crippen molar-refractivity contribution in [3.8, 4) is 56.6 Å². The molecule has 8 heteroatoms. The number of hydrogen-bond acceptors (Lipinski definition) is 8. The molecule has 0 bridgehead atoms. The SMILES string of the molecule is Cc1ccc2oc(-c3ccc(-c4ccc5c(c4)C(C)(C)c4cc(-c6ccc(-c7nc8nc(C)ccc8o7)nc6C)ccc4-5)c(C)n3)nc2n1. The third-order valence-electron chi connectivity index (χ3n) is 9.69. The first kappa shape index (κ1) is 29.1. The quantitative estimate of drug-likeness (QED) is 0.187. The fourth-order valence-electron chi connectivity index (χ4n) is 7.09. The van der Waals surface area contributed by atoms with Gasteiger partial charge in [0.25, 0.3) is 0 Å². The molecule has 0 atom stereocenters. The molecule has 6 aromatic heterocycles. The van der Waals surface area contributed by atoms with Gasteiger partial charge in [0, 0.05) is 39.3 Å². The molecule has 8 aromatic rings. The third kappa shape index (κ3) is 4.66. The van der Waals surface area contributed by atoms with E-state index in [4.69, 9.17) is 18.8 Å². The van der Waals surface area contributed by atoms with Gasteiger partial charge in [-0.25, -0.2) is 19.9 Å². The Kier molecular flexibility index (Phi) is 6.24. The molecule has 0 saturated heterocycles. The lowest BCUT2D eigenvalue weighted by molar-refractivity contribution is 0.616. The highest BCUT2D eigenvalue weighted by molar-refractivity contribution is 5.86. The summed E-state index contributed by atoms with van der Waals surface area (Å²) in [4.78, 5) is 27.9. The van der Waals surface area contributed by atoms with Crippen LogP contribution in [-0.4, -0.2) is 29.9 Å². The maximum Gasteiger partial charge on any atom is 0.247 e. The number of oxazole rings is 2. The minimum atomic E-state index is -0.202. The summed E-state index contributed by atoms with van der Waals surface area (Å²) >= 11 is 0. The first-order valence-electron chi connectivity index (χ1n) is 16.4. The second kappa shape index (κ2) is 10.5. The molecule has 0 spiro atoms. The summed E-state index contributed by atoms with van der Waals surface area (Å²) in [6.07, 6.45) is 0. The Bertz CT molecular complexity index is 2470. The van der Waals surface area contributed by atoms with Gasteiger partial charge in [0.2, 0.25) is 11.8 Å². The molecule has 0 fully saturated rings. The maximum absolute atomic E-state index is 5.97. The van der Waals surface area contributed by atoms with Gasteiger partial charge in [0.15, 0.2) is 22.5 Å². The molecule has 1 aliphatic rings. The van der Waals surface area contributed by atoms with E-state index >= 15 is 0 Å². The first-order chi connectivity index (χ1) is 23.6. The van der Waals surface area contributed by atoms with Crippen LogP contribution in [-0.2, 0) is 5.41 Å². The van der Waals surface area contributed by atoms with Crippen LogP contribution in [0.2, 0.25) is 0 Å². The summed E-state index contributed by atoms with van der Waals surface area (Å²) in [6, 6.07) is 29.3. The highest BCUT2D eigenvalue weighted by Crippen LogP contribution is 2.51. The van der Waals surface area contributed by atoms with E-state index in [2.05, 4.69) is 82.3 Å². The number of fused-ring (bicyclic) bond motifs is 5. The smallest absolute Gasteiger partial charge is 0.247 e. The largest absolute Gasteiger partial charge is 0.433 e. The van der Waals surface area contributed by atoms with Crippen molar-refractivity contribution in [3.63, 3.8) is 0 Å². The third-order valence-corrected chi connectivity index (χ3v) is 9.69. The van der Waals surface area contributed by atoms with Gasteiger partial charge in [-0.1, -0.05) is 50.2 Å². The number of rotatable bonds is 4. The molecule has 9 rings (SSSR count). The van der Waals surface area contributed by atoms with Gasteiger partial charge >= 0.3 is 0 Å². The summed E-state index contributed by atoms with van der Waals surface area (Å²) in [7, 11) is 0. The van der Waals surface area contributed by atoms with E-state index in [-0.39, 0.29) is 5.41 Å². The molecular weight excluding hydrogens is 608 g/mol. The molecule has 8 nitrogen and oxygen atoms in total. The monoisotopic (exact) mass is 640 g/mol. The fourth-order valence-corrected chi connectivity index (χ4v) is 7.09. The lowest BCUT2D eigenvalue weighted by Crippen LogP contribution is -2.15. The van der Waals surface area contributed by atoms with Crippen LogP contribution in [0.15, 0.2) is 93.8 Å². The number of nitrogens with zero attached hydrogens (tertiary/aromatic N) is 6. The number of aryl methyl sites for hydroxylation is 4. The van der Waals surface area contributed by atoms with Crippen LogP contribution < -0.4 is 0 Å². The van der Waals surface area contributed by atoms with E-state index in [9.17, 15) is 0 Å². The average Bonchev–Trinajstić information content (AvgIpc) is 3.77. The van der Waals surface area contributed by atoms with Crippen LogP contribution in [0.5, 0.6) is 0 Å². The normalized spacial score (nSPS) is 13.3. The minimum Gasteiger partial charge on any atom is -0.433 e. The zero-order valence-electron chi connectivity index (χ0n) is 28.1. The van der Waals surface area contributed by atoms with Crippen molar-refractivity contribution in [1.82, 2.24) is 29.9 Å². The van der Waals surface area contributed by atoms with Crippen molar-refractivity contribution in [1.29, 1.82) is 0 Å². The summed E-state index contributed by atoms with van der Waals surface area (Å²) < 4.78 is 11.9. The van der Waals surface area contributed by atoms with Gasteiger partial charge in [-0.2, -0.15) is 9.97 Å². The zero-order valence-corrected chi connectivity index (χ0v) is 28.1. The molecule has 238 valence electrons. The highest BCUT2D eigenvalue weighted by atomic mass is 16.4. The van der Waals surface area contributed by atoms with Crippen LogP contribution in [0, 0.1) is 27.7 Å². The number of pyridine rings is 4. The van der Waals surface area contributed by atoms with E-state index in [1.807, 2.05) is 64.1 Å². The highest BCUT2D eigenvalue weighted by Gasteiger charge is 2.36. The van der Waals surface area contributed by atoms with Crippen molar-refractivity contribution in [2.75, 3.05) is 0 Å². The first-order valence-corrected chi connectivity index (χ1v) is 16.4. The van der Waals surface area contributed by atoms with Crippen LogP contribution in [0.25, 0.3) is 79.0 Å². The van der Waals surface area contributed by atoms with Gasteiger partial charge < -0.3 is 8.83 Å². The Morgan fingerprint density at radius 1 is 0.449 bits per heavy atom. The number of benzene rings is 2. The second-order valence-corrected chi connectivity index (χ2v) is 13.4. The van der Waals surface area contributed by atoms with Crippen molar-refractivity contribution < 1.29 is 8.83 Å². The summed E-state index contributed by atoms with van der Waals surface area (Å²) in [6.45, 7) is 12.6. The fraction of sp³-hybridized carbons (Fsp3) is 0.171. The number of hydrogen-bond donors (Lipinski definition) is 0. The van der Waals surface area contributed by atoms with Crippen LogP contribution in [0.1, 0.15) is 47.8 Å². The second-order valence-electron chi connectivity index (χ2n) is 13.4. The lowest BCUT2D eigenvalue weighted by Gasteiger charge is -2.23. The molecule has 0 saturated carbocycles. The Labute approximate surface area is 283 Å². The standard InChI is InChI=1S/C41H32N6O2/c1-21-7-17-35-37(42-21)46-39(48-35)33-15-13-27(23(3)44-33)25-9-11-29-30-12-10-26(20-32(30)41(5,6)31(29)19-25)28-14-16-34(45-24(28)4)40-47-38-36(49-40)18-8-22(2)43-38/h7-20H,1-6H3. The van der Waals surface area contributed by atoms with E-state index in [0.717, 1.165) is 45.0 Å². The topological polar surface area (TPSA) is 104 Å². The summed E-state index contributed by atoms with van der Waals surface area (Å²) in [5, 5.41) is 0. The van der Waals surface area contributed by atoms with Gasteiger partial charge in [-0.3, -0.25) is 0 Å². The Hall–Kier alpha value is -6.02. The predicted octanol–water partition coefficient (Wildman–Crippen LogP) is 9.76. The van der Waals surface area contributed by atoms with Crippen molar-refractivity contribution in [2.45, 2.75) is 47.0 Å². The molecule has 0 unspecified atom stereocenters. The van der Waals surface area contributed by atoms with Crippen LogP contribution in [0.4, 0.5) is 0 Å². The van der Waals surface area contributed by atoms with E-state index in [1.54, 1.807) is 0 Å². The Morgan fingerprint density at radius 2 is 0.878 bits per heavy atom. The molecule has 0 N–H and O–H groups in total. The van der Waals surface area contributed by atoms with Gasteiger partial charge in [-0.05, 0) is 110 Å². The Morgan fingerprint density at radius 3 is 1.31 bits per heavy atom. The Balaban J connectivity index is 1.03. The van der Waals surface area contributed by atoms with Crippen LogP contribution in [0.3, 0.4) is 0 Å². The van der Waals surface area contributed by atoms with E-state index in [0.29, 0.717) is 45.6 Å². The molecule has 0 aliphatic heterocycles. The summed E-state index contributed by atoms with van der Waals surface area (Å²) in [5.41, 5.74) is 16.8. The van der Waals surface area contributed by atoms with Crippen molar-refractivity contribution in [2.24, 2.45) is 0 Å². The van der Waals surface area contributed by atoms with E-state index in [1.165, 1.54) is 22.3 Å². The number of aromatic nitrogens is 6. The van der Waals surface area contributed by atoms with Gasteiger partial charge in [0.05, 0.1) is 0 Å². The molecule has 1 aliphatic carbocycles. The predicted molar refractivity (Wildman–Crippen MR) is 191 cm³/mol. The molecular formula is C41H32N6O2. The zero-order chi connectivity index (χ0) is 33.6. The molecule has 49 heavy (non-hydrogen) atoms. The van der Waals surface area contributed by atoms with Gasteiger partial charge in [0.1, 0.15) is 11.4 Å². The molecule has 0 amide bonds. The minimum absolute atomic E-state index is 0.202. The van der Waals surface area contributed by atoms with E-state index < -0.39 is 0 Å². The average molecular weight is 641 g/mol. The maximum atomic E-state index is 5.97. The molecule has 6 heterocycles. The molecule has 0 radical (unpaired) electrons. The summed E-state index contributed by atoms with van der Waals surface area (Å²) in [5.74, 6) is 0.950. The van der Waals surface area contributed by atoms with Gasteiger partial charge in [-0.15, -0.1) is 0 Å². The van der Waals surface area contributed by atoms with Crippen LogP contribution >= 0.6 is 0 Å². The molecule has 2 aromatic carbocycles.